The van der Waals surface area contributed by atoms with Gasteiger partial charge in [-0.1, -0.05) is 36.0 Å². The molecule has 4 aromatic rings. The normalized spacial score (nSPS) is 11.0. The van der Waals surface area contributed by atoms with E-state index in [1.807, 2.05) is 66.2 Å². The monoisotopic (exact) mass is 363 g/mol. The van der Waals surface area contributed by atoms with Crippen molar-refractivity contribution in [2.75, 3.05) is 11.1 Å². The van der Waals surface area contributed by atoms with Gasteiger partial charge in [0.15, 0.2) is 5.16 Å². The number of benzene rings is 1. The predicted molar refractivity (Wildman–Crippen MR) is 103 cm³/mol. The van der Waals surface area contributed by atoms with E-state index >= 15 is 0 Å². The molecule has 0 spiro atoms. The maximum atomic E-state index is 5.86. The van der Waals surface area contributed by atoms with Crippen LogP contribution in [0.3, 0.4) is 0 Å². The molecule has 1 aromatic carbocycles. The van der Waals surface area contributed by atoms with Crippen molar-refractivity contribution in [3.63, 3.8) is 0 Å². The molecule has 8 heteroatoms. The van der Waals surface area contributed by atoms with E-state index in [4.69, 9.17) is 5.73 Å². The summed E-state index contributed by atoms with van der Waals surface area (Å²) in [5, 5.41) is 4.09. The summed E-state index contributed by atoms with van der Waals surface area (Å²) in [6.07, 6.45) is 3.83. The van der Waals surface area contributed by atoms with E-state index in [0.717, 1.165) is 21.9 Å². The first-order valence-corrected chi connectivity index (χ1v) is 9.05. The highest BCUT2D eigenvalue weighted by Gasteiger charge is 2.09. The van der Waals surface area contributed by atoms with Gasteiger partial charge in [-0.3, -0.25) is 4.40 Å². The molecule has 3 N–H and O–H groups in total. The van der Waals surface area contributed by atoms with Crippen LogP contribution in [0, 0.1) is 6.92 Å². The zero-order chi connectivity index (χ0) is 17.9. The summed E-state index contributed by atoms with van der Waals surface area (Å²) in [5.74, 6) is 1.78. The Bertz CT molecular complexity index is 1060. The quantitative estimate of drug-likeness (QED) is 0.524. The highest BCUT2D eigenvalue weighted by molar-refractivity contribution is 7.98. The number of rotatable bonds is 5. The van der Waals surface area contributed by atoms with Crippen molar-refractivity contribution in [2.24, 2.45) is 0 Å². The van der Waals surface area contributed by atoms with Crippen LogP contribution >= 0.6 is 11.8 Å². The lowest BCUT2D eigenvalue weighted by Crippen LogP contribution is -2.07. The van der Waals surface area contributed by atoms with Crippen LogP contribution in [0.4, 0.5) is 17.6 Å². The third kappa shape index (κ3) is 3.45. The molecule has 0 saturated carbocycles. The van der Waals surface area contributed by atoms with Gasteiger partial charge >= 0.3 is 0 Å². The number of para-hydroxylation sites is 1. The highest BCUT2D eigenvalue weighted by Crippen LogP contribution is 2.23. The average Bonchev–Trinajstić information content (AvgIpc) is 3.05. The Morgan fingerprint density at radius 3 is 2.81 bits per heavy atom. The van der Waals surface area contributed by atoms with Crippen molar-refractivity contribution < 1.29 is 0 Å². The predicted octanol–water partition coefficient (Wildman–Crippen LogP) is 3.45. The summed E-state index contributed by atoms with van der Waals surface area (Å²) in [5.41, 5.74) is 8.95. The fourth-order valence-electron chi connectivity index (χ4n) is 2.55. The van der Waals surface area contributed by atoms with Crippen LogP contribution in [0.25, 0.3) is 5.52 Å². The molecular weight excluding hydrogens is 346 g/mol. The SMILES string of the molecule is Cc1ccccc1Nc1nc(N)nc(CSc2ncc3ccccn23)n1. The number of hydrogen-bond donors (Lipinski definition) is 2. The van der Waals surface area contributed by atoms with Crippen LogP contribution < -0.4 is 11.1 Å². The van der Waals surface area contributed by atoms with E-state index in [9.17, 15) is 0 Å². The van der Waals surface area contributed by atoms with Crippen molar-refractivity contribution in [1.29, 1.82) is 0 Å². The standard InChI is InChI=1S/C18H17N7S/c1-12-6-2-3-8-14(12)21-17-23-15(22-16(19)24-17)11-26-18-20-10-13-7-4-5-9-25(13)18/h2-10H,11H2,1H3,(H3,19,21,22,23,24). The summed E-state index contributed by atoms with van der Waals surface area (Å²) in [6, 6.07) is 13.9. The molecular formula is C18H17N7S. The fourth-order valence-corrected chi connectivity index (χ4v) is 3.37. The lowest BCUT2D eigenvalue weighted by Gasteiger charge is -2.09. The Kier molecular flexibility index (Phi) is 4.40. The summed E-state index contributed by atoms with van der Waals surface area (Å²) < 4.78 is 2.03. The van der Waals surface area contributed by atoms with Gasteiger partial charge < -0.3 is 11.1 Å². The van der Waals surface area contributed by atoms with Gasteiger partial charge in [0.05, 0.1) is 17.5 Å². The van der Waals surface area contributed by atoms with Crippen molar-refractivity contribution in [1.82, 2.24) is 24.3 Å². The van der Waals surface area contributed by atoms with Gasteiger partial charge in [-0.25, -0.2) is 4.98 Å². The minimum Gasteiger partial charge on any atom is -0.368 e. The zero-order valence-corrected chi connectivity index (χ0v) is 14.9. The van der Waals surface area contributed by atoms with Gasteiger partial charge in [0.25, 0.3) is 0 Å². The molecule has 26 heavy (non-hydrogen) atoms. The first kappa shape index (κ1) is 16.3. The van der Waals surface area contributed by atoms with E-state index in [0.29, 0.717) is 17.5 Å². The van der Waals surface area contributed by atoms with Gasteiger partial charge in [0, 0.05) is 11.9 Å². The van der Waals surface area contributed by atoms with Gasteiger partial charge in [-0.2, -0.15) is 15.0 Å². The van der Waals surface area contributed by atoms with Crippen molar-refractivity contribution in [2.45, 2.75) is 17.8 Å². The molecule has 3 heterocycles. The first-order valence-electron chi connectivity index (χ1n) is 8.07. The molecule has 3 aromatic heterocycles. The molecule has 0 aliphatic rings. The number of nitrogens with one attached hydrogen (secondary N) is 1. The number of fused-ring (bicyclic) bond motifs is 1. The van der Waals surface area contributed by atoms with Crippen LogP contribution in [0.5, 0.6) is 0 Å². The number of aryl methyl sites for hydroxylation is 1. The molecule has 0 unspecified atom stereocenters. The molecule has 0 bridgehead atoms. The molecule has 0 atom stereocenters. The second-order valence-corrected chi connectivity index (χ2v) is 6.64. The summed E-state index contributed by atoms with van der Waals surface area (Å²) >= 11 is 1.55. The average molecular weight is 363 g/mol. The zero-order valence-electron chi connectivity index (χ0n) is 14.1. The number of aromatic nitrogens is 5. The van der Waals surface area contributed by atoms with Gasteiger partial charge in [-0.05, 0) is 30.7 Å². The van der Waals surface area contributed by atoms with Crippen molar-refractivity contribution in [3.8, 4) is 0 Å². The lowest BCUT2D eigenvalue weighted by atomic mass is 10.2. The largest absolute Gasteiger partial charge is 0.368 e. The second kappa shape index (κ2) is 7.01. The number of imidazole rings is 1. The summed E-state index contributed by atoms with van der Waals surface area (Å²) in [4.78, 5) is 17.3. The smallest absolute Gasteiger partial charge is 0.232 e. The molecule has 0 fully saturated rings. The van der Waals surface area contributed by atoms with Crippen LogP contribution in [-0.2, 0) is 5.75 Å². The van der Waals surface area contributed by atoms with E-state index in [2.05, 4.69) is 25.3 Å². The number of nitrogens with two attached hydrogens (primary N) is 1. The van der Waals surface area contributed by atoms with E-state index in [-0.39, 0.29) is 5.95 Å². The Labute approximate surface area is 154 Å². The minimum atomic E-state index is 0.194. The first-order chi connectivity index (χ1) is 12.7. The third-order valence-corrected chi connectivity index (χ3v) is 4.79. The van der Waals surface area contributed by atoms with Crippen molar-refractivity contribution in [3.05, 3.63) is 66.2 Å². The highest BCUT2D eigenvalue weighted by atomic mass is 32.2. The lowest BCUT2D eigenvalue weighted by molar-refractivity contribution is 0.943. The Morgan fingerprint density at radius 2 is 1.92 bits per heavy atom. The Morgan fingerprint density at radius 1 is 1.08 bits per heavy atom. The van der Waals surface area contributed by atoms with Gasteiger partial charge in [0.2, 0.25) is 11.9 Å². The molecule has 0 amide bonds. The number of hydrogen-bond acceptors (Lipinski definition) is 7. The fraction of sp³-hybridized carbons (Fsp3) is 0.111. The van der Waals surface area contributed by atoms with Crippen LogP contribution in [-0.4, -0.2) is 24.3 Å². The topological polar surface area (TPSA) is 94.0 Å². The minimum absolute atomic E-state index is 0.194. The third-order valence-electron chi connectivity index (χ3n) is 3.83. The summed E-state index contributed by atoms with van der Waals surface area (Å²) in [6.45, 7) is 2.02. The molecule has 7 nitrogen and oxygen atoms in total. The summed E-state index contributed by atoms with van der Waals surface area (Å²) in [7, 11) is 0. The molecule has 130 valence electrons. The van der Waals surface area contributed by atoms with E-state index < -0.39 is 0 Å². The Hall–Kier alpha value is -3.13. The molecule has 0 aliphatic heterocycles. The molecule has 4 rings (SSSR count). The number of pyridine rings is 1. The number of nitrogen functional groups attached to an aromatic ring is 1. The number of nitrogens with zero attached hydrogens (tertiary/aromatic N) is 5. The molecule has 0 saturated heterocycles. The van der Waals surface area contributed by atoms with E-state index in [1.165, 1.54) is 0 Å². The Balaban J connectivity index is 1.54. The second-order valence-electron chi connectivity index (χ2n) is 5.70. The van der Waals surface area contributed by atoms with Gasteiger partial charge in [-0.15, -0.1) is 0 Å². The maximum absolute atomic E-state index is 5.86. The maximum Gasteiger partial charge on any atom is 0.232 e. The van der Waals surface area contributed by atoms with E-state index in [1.54, 1.807) is 11.8 Å². The van der Waals surface area contributed by atoms with Crippen LogP contribution in [0.1, 0.15) is 11.4 Å². The van der Waals surface area contributed by atoms with Crippen molar-refractivity contribution >= 4 is 34.9 Å². The van der Waals surface area contributed by atoms with Crippen LogP contribution in [0.2, 0.25) is 0 Å². The number of anilines is 3. The van der Waals surface area contributed by atoms with Gasteiger partial charge in [0.1, 0.15) is 5.82 Å². The molecule has 0 aliphatic carbocycles. The van der Waals surface area contributed by atoms with Crippen LogP contribution in [0.15, 0.2) is 60.0 Å². The molecule has 0 radical (unpaired) electrons. The number of thioether (sulfide) groups is 1.